The van der Waals surface area contributed by atoms with Gasteiger partial charge in [0.15, 0.2) is 5.96 Å². The Morgan fingerprint density at radius 2 is 1.96 bits per heavy atom. The van der Waals surface area contributed by atoms with Gasteiger partial charge in [0.1, 0.15) is 5.01 Å². The maximum Gasteiger partial charge on any atom is 0.240 e. The summed E-state index contributed by atoms with van der Waals surface area (Å²) in [6.07, 6.45) is 1.83. The molecule has 0 fully saturated rings. The molecule has 1 heterocycles. The summed E-state index contributed by atoms with van der Waals surface area (Å²) in [5.41, 5.74) is 1.64. The lowest BCUT2D eigenvalue weighted by Crippen LogP contribution is -2.41. The molecule has 142 valence electrons. The molecule has 9 heteroatoms. The van der Waals surface area contributed by atoms with Gasteiger partial charge in [0.05, 0.1) is 11.4 Å². The summed E-state index contributed by atoms with van der Waals surface area (Å²) in [6.45, 7) is 6.92. The number of guanidine groups is 1. The largest absolute Gasteiger partial charge is 0.355 e. The molecule has 0 aliphatic carbocycles. The van der Waals surface area contributed by atoms with E-state index < -0.39 is 10.0 Å². The van der Waals surface area contributed by atoms with Gasteiger partial charge in [-0.3, -0.25) is 4.99 Å². The van der Waals surface area contributed by atoms with Gasteiger partial charge in [0, 0.05) is 31.2 Å². The highest BCUT2D eigenvalue weighted by molar-refractivity contribution is 7.89. The van der Waals surface area contributed by atoms with Crippen LogP contribution in [0.5, 0.6) is 0 Å². The lowest BCUT2D eigenvalue weighted by Gasteiger charge is -2.13. The van der Waals surface area contributed by atoms with E-state index in [1.54, 1.807) is 31.4 Å². The van der Waals surface area contributed by atoms with E-state index in [4.69, 9.17) is 0 Å². The molecular formula is C17H25N5O2S2. The number of aryl methyl sites for hydroxylation is 3. The minimum atomic E-state index is -3.53. The van der Waals surface area contributed by atoms with Crippen LogP contribution in [0.4, 0.5) is 0 Å². The van der Waals surface area contributed by atoms with Crippen LogP contribution in [0.15, 0.2) is 34.3 Å². The van der Waals surface area contributed by atoms with Crippen LogP contribution in [-0.2, 0) is 16.6 Å². The first kappa shape index (κ1) is 20.3. The van der Waals surface area contributed by atoms with Gasteiger partial charge < -0.3 is 10.6 Å². The molecule has 0 spiro atoms. The normalized spacial score (nSPS) is 12.2. The summed E-state index contributed by atoms with van der Waals surface area (Å²) in [4.78, 5) is 9.88. The Bertz CT molecular complexity index is 875. The molecule has 0 atom stereocenters. The van der Waals surface area contributed by atoms with Crippen LogP contribution < -0.4 is 15.4 Å². The molecular weight excluding hydrogens is 370 g/mol. The van der Waals surface area contributed by atoms with E-state index in [9.17, 15) is 8.42 Å². The lowest BCUT2D eigenvalue weighted by atomic mass is 10.2. The van der Waals surface area contributed by atoms with E-state index in [1.807, 2.05) is 32.2 Å². The van der Waals surface area contributed by atoms with Gasteiger partial charge in [0.25, 0.3) is 0 Å². The molecule has 0 aliphatic heterocycles. The Hall–Kier alpha value is -1.97. The average molecular weight is 396 g/mol. The fourth-order valence-corrected chi connectivity index (χ4v) is 4.39. The smallest absolute Gasteiger partial charge is 0.240 e. The molecule has 26 heavy (non-hydrogen) atoms. The van der Waals surface area contributed by atoms with Crippen molar-refractivity contribution in [3.05, 3.63) is 45.4 Å². The van der Waals surface area contributed by atoms with E-state index in [0.717, 1.165) is 21.0 Å². The third-order valence-electron chi connectivity index (χ3n) is 3.64. The Kier molecular flexibility index (Phi) is 7.13. The van der Waals surface area contributed by atoms with Crippen LogP contribution in [0.3, 0.4) is 0 Å². The molecule has 0 unspecified atom stereocenters. The van der Waals surface area contributed by atoms with Gasteiger partial charge in [-0.05, 0) is 38.0 Å². The van der Waals surface area contributed by atoms with Gasteiger partial charge in [-0.15, -0.1) is 11.3 Å². The van der Waals surface area contributed by atoms with Gasteiger partial charge >= 0.3 is 0 Å². The molecule has 0 radical (unpaired) electrons. The molecule has 3 N–H and O–H groups in total. The van der Waals surface area contributed by atoms with Crippen LogP contribution in [0.2, 0.25) is 0 Å². The number of nitrogens with one attached hydrogen (secondary N) is 3. The minimum absolute atomic E-state index is 0.257. The third kappa shape index (κ3) is 5.79. The predicted octanol–water partition coefficient (Wildman–Crippen LogP) is 1.71. The maximum absolute atomic E-state index is 12.4. The highest BCUT2D eigenvalue weighted by atomic mass is 32.2. The van der Waals surface area contributed by atoms with Crippen molar-refractivity contribution in [2.75, 3.05) is 20.1 Å². The van der Waals surface area contributed by atoms with Crippen LogP contribution >= 0.6 is 11.3 Å². The molecule has 0 saturated carbocycles. The number of hydrogen-bond donors (Lipinski definition) is 3. The highest BCUT2D eigenvalue weighted by Crippen LogP contribution is 2.16. The van der Waals surface area contributed by atoms with Crippen molar-refractivity contribution in [1.29, 1.82) is 0 Å². The van der Waals surface area contributed by atoms with Crippen LogP contribution in [-0.4, -0.2) is 39.5 Å². The van der Waals surface area contributed by atoms with Crippen LogP contribution in [0.25, 0.3) is 0 Å². The van der Waals surface area contributed by atoms with Crippen molar-refractivity contribution in [3.8, 4) is 0 Å². The van der Waals surface area contributed by atoms with Crippen molar-refractivity contribution < 1.29 is 8.42 Å². The lowest BCUT2D eigenvalue weighted by molar-refractivity contribution is 0.580. The maximum atomic E-state index is 12.4. The molecule has 1 aromatic heterocycles. The molecule has 7 nitrogen and oxygen atoms in total. The third-order valence-corrected chi connectivity index (χ3v) is 6.16. The second-order valence-electron chi connectivity index (χ2n) is 5.88. The second kappa shape index (κ2) is 9.11. The van der Waals surface area contributed by atoms with Crippen molar-refractivity contribution in [3.63, 3.8) is 0 Å². The topological polar surface area (TPSA) is 95.5 Å². The van der Waals surface area contributed by atoms with E-state index in [1.165, 1.54) is 0 Å². The quantitative estimate of drug-likeness (QED) is 0.377. The number of sulfonamides is 1. The number of aliphatic imine (C=N–C) groups is 1. The molecule has 1 aromatic carbocycles. The monoisotopic (exact) mass is 395 g/mol. The summed E-state index contributed by atoms with van der Waals surface area (Å²) >= 11 is 1.62. The first-order valence-electron chi connectivity index (χ1n) is 8.24. The number of thiazole rings is 1. The zero-order chi connectivity index (χ0) is 19.2. The van der Waals surface area contributed by atoms with Crippen molar-refractivity contribution >= 4 is 27.3 Å². The average Bonchev–Trinajstić information content (AvgIpc) is 3.01. The molecule has 0 amide bonds. The second-order valence-corrected chi connectivity index (χ2v) is 8.94. The summed E-state index contributed by atoms with van der Waals surface area (Å²) in [5, 5.41) is 7.21. The molecule has 0 saturated heterocycles. The number of nitrogens with zero attached hydrogens (tertiary/aromatic N) is 2. The fraction of sp³-hybridized carbons (Fsp3) is 0.412. The molecule has 2 rings (SSSR count). The van der Waals surface area contributed by atoms with Gasteiger partial charge in [0.2, 0.25) is 10.0 Å². The summed E-state index contributed by atoms with van der Waals surface area (Å²) in [7, 11) is -1.86. The number of hydrogen-bond acceptors (Lipinski definition) is 5. The van der Waals surface area contributed by atoms with Gasteiger partial charge in [-0.25, -0.2) is 18.1 Å². The summed E-state index contributed by atoms with van der Waals surface area (Å²) < 4.78 is 27.5. The molecule has 0 bridgehead atoms. The predicted molar refractivity (Wildman–Crippen MR) is 106 cm³/mol. The van der Waals surface area contributed by atoms with Crippen LogP contribution in [0.1, 0.15) is 21.0 Å². The SMILES string of the molecule is CN=C(NCCNS(=O)(=O)c1cc(C)ccc1C)NCc1ncc(C)s1. The van der Waals surface area contributed by atoms with Crippen molar-refractivity contribution in [2.45, 2.75) is 32.2 Å². The Labute approximate surface area is 159 Å². The number of rotatable bonds is 7. The van der Waals surface area contributed by atoms with E-state index in [2.05, 4.69) is 25.3 Å². The van der Waals surface area contributed by atoms with Crippen molar-refractivity contribution in [2.24, 2.45) is 4.99 Å². The number of aromatic nitrogens is 1. The summed E-state index contributed by atoms with van der Waals surface area (Å²) in [6, 6.07) is 5.39. The zero-order valence-electron chi connectivity index (χ0n) is 15.5. The van der Waals surface area contributed by atoms with E-state index in [-0.39, 0.29) is 6.54 Å². The van der Waals surface area contributed by atoms with Gasteiger partial charge in [-0.2, -0.15) is 0 Å². The molecule has 0 aliphatic rings. The Balaban J connectivity index is 1.81. The van der Waals surface area contributed by atoms with Crippen LogP contribution in [0, 0.1) is 20.8 Å². The Morgan fingerprint density at radius 1 is 1.19 bits per heavy atom. The minimum Gasteiger partial charge on any atom is -0.355 e. The Morgan fingerprint density at radius 3 is 2.62 bits per heavy atom. The highest BCUT2D eigenvalue weighted by Gasteiger charge is 2.16. The molecule has 2 aromatic rings. The first-order chi connectivity index (χ1) is 12.3. The van der Waals surface area contributed by atoms with E-state index >= 15 is 0 Å². The summed E-state index contributed by atoms with van der Waals surface area (Å²) in [5.74, 6) is 0.601. The fourth-order valence-electron chi connectivity index (χ4n) is 2.30. The van der Waals surface area contributed by atoms with Gasteiger partial charge in [-0.1, -0.05) is 12.1 Å². The number of benzene rings is 1. The van der Waals surface area contributed by atoms with Crippen molar-refractivity contribution in [1.82, 2.24) is 20.3 Å². The standard InChI is InChI=1S/C17H25N5O2S2/c1-12-5-6-13(2)15(9-12)26(23,24)22-8-7-19-17(18-4)21-11-16-20-10-14(3)25-16/h5-6,9-10,22H,7-8,11H2,1-4H3,(H2,18,19,21). The van der Waals surface area contributed by atoms with E-state index in [0.29, 0.717) is 23.9 Å². The first-order valence-corrected chi connectivity index (χ1v) is 10.5. The zero-order valence-corrected chi connectivity index (χ0v) is 17.1.